The molecule has 0 radical (unpaired) electrons. The second-order valence-corrected chi connectivity index (χ2v) is 8.13. The van der Waals surface area contributed by atoms with Gasteiger partial charge in [0.15, 0.2) is 0 Å². The van der Waals surface area contributed by atoms with Gasteiger partial charge in [-0.25, -0.2) is 9.97 Å². The van der Waals surface area contributed by atoms with Gasteiger partial charge in [0.25, 0.3) is 0 Å². The molecule has 1 unspecified atom stereocenters. The van der Waals surface area contributed by atoms with Gasteiger partial charge in [0, 0.05) is 46.9 Å². The van der Waals surface area contributed by atoms with Crippen molar-refractivity contribution in [3.05, 3.63) is 71.8 Å². The minimum Gasteiger partial charge on any atom is -0.378 e. The Labute approximate surface area is 179 Å². The Morgan fingerprint density at radius 1 is 0.750 bits per heavy atom. The number of aliphatic hydroxyl groups is 1. The van der Waals surface area contributed by atoms with E-state index in [9.17, 15) is 31.4 Å². The van der Waals surface area contributed by atoms with Gasteiger partial charge < -0.3 is 5.11 Å². The van der Waals surface area contributed by atoms with Crippen molar-refractivity contribution in [2.45, 2.75) is 38.7 Å². The number of hydrogen-bond donors (Lipinski definition) is 1. The van der Waals surface area contributed by atoms with E-state index in [0.717, 1.165) is 6.20 Å². The number of alkyl halides is 6. The summed E-state index contributed by atoms with van der Waals surface area (Å²) < 4.78 is 79.0. The third-order valence-corrected chi connectivity index (χ3v) is 5.01. The number of rotatable bonds is 3. The van der Waals surface area contributed by atoms with Crippen molar-refractivity contribution in [3.8, 4) is 11.1 Å². The summed E-state index contributed by atoms with van der Waals surface area (Å²) in [6.45, 7) is 5.20. The highest BCUT2D eigenvalue weighted by Gasteiger charge is 2.45. The van der Waals surface area contributed by atoms with Gasteiger partial charge in [-0.3, -0.25) is 9.97 Å². The second kappa shape index (κ2) is 7.80. The van der Waals surface area contributed by atoms with Crippen LogP contribution in [0, 0.1) is 5.41 Å². The zero-order valence-corrected chi connectivity index (χ0v) is 17.1. The van der Waals surface area contributed by atoms with E-state index in [1.165, 1.54) is 30.9 Å². The highest BCUT2D eigenvalue weighted by Crippen LogP contribution is 2.44. The average molecular weight is 456 g/mol. The van der Waals surface area contributed by atoms with Crippen LogP contribution in [0.1, 0.15) is 43.3 Å². The van der Waals surface area contributed by atoms with Crippen LogP contribution in [0.2, 0.25) is 0 Å². The SMILES string of the molecule is CC(C)(C)C(O)(c1cncnc1)c1ccc(-c2cnc(C(F)(F)F)cc2C(F)(F)F)cn1. The summed E-state index contributed by atoms with van der Waals surface area (Å²) in [5, 5.41) is 11.5. The summed E-state index contributed by atoms with van der Waals surface area (Å²) in [5.41, 5.74) is -5.90. The Morgan fingerprint density at radius 3 is 1.81 bits per heavy atom. The van der Waals surface area contributed by atoms with Gasteiger partial charge in [-0.05, 0) is 12.1 Å². The van der Waals surface area contributed by atoms with Crippen LogP contribution >= 0.6 is 0 Å². The van der Waals surface area contributed by atoms with Crippen molar-refractivity contribution in [1.29, 1.82) is 0 Å². The summed E-state index contributed by atoms with van der Waals surface area (Å²) in [6, 6.07) is 2.52. The highest BCUT2D eigenvalue weighted by molar-refractivity contribution is 5.67. The molecule has 0 amide bonds. The first-order chi connectivity index (χ1) is 14.7. The lowest BCUT2D eigenvalue weighted by Crippen LogP contribution is -2.42. The Morgan fingerprint density at radius 2 is 1.34 bits per heavy atom. The molecule has 32 heavy (non-hydrogen) atoms. The lowest BCUT2D eigenvalue weighted by Gasteiger charge is -2.39. The fourth-order valence-corrected chi connectivity index (χ4v) is 3.29. The van der Waals surface area contributed by atoms with E-state index in [1.54, 1.807) is 20.8 Å². The highest BCUT2D eigenvalue weighted by atomic mass is 19.4. The van der Waals surface area contributed by atoms with E-state index in [2.05, 4.69) is 19.9 Å². The number of aromatic nitrogens is 4. The molecular weight excluding hydrogens is 438 g/mol. The molecule has 0 bridgehead atoms. The molecule has 0 aromatic carbocycles. The molecule has 0 aliphatic heterocycles. The molecule has 3 aromatic rings. The quantitative estimate of drug-likeness (QED) is 0.545. The van der Waals surface area contributed by atoms with Crippen molar-refractivity contribution in [3.63, 3.8) is 0 Å². The standard InChI is InChI=1S/C21H18F6N4O/c1-18(2,3)19(32,13-8-28-11-29-9-13)16-5-4-12(7-30-16)14-10-31-17(21(25,26)27)6-15(14)20(22,23)24/h4-11,32H,1-3H3. The van der Waals surface area contributed by atoms with Crippen LogP contribution in [-0.2, 0) is 18.0 Å². The summed E-state index contributed by atoms with van der Waals surface area (Å²) in [5.74, 6) is 0. The molecule has 0 aliphatic carbocycles. The van der Waals surface area contributed by atoms with Gasteiger partial charge in [-0.1, -0.05) is 26.8 Å². The van der Waals surface area contributed by atoms with Gasteiger partial charge in [-0.2, -0.15) is 26.3 Å². The molecular formula is C21H18F6N4O. The van der Waals surface area contributed by atoms with E-state index in [4.69, 9.17) is 0 Å². The minimum atomic E-state index is -5.05. The summed E-state index contributed by atoms with van der Waals surface area (Å²) in [4.78, 5) is 15.1. The van der Waals surface area contributed by atoms with Gasteiger partial charge in [0.05, 0.1) is 11.3 Å². The van der Waals surface area contributed by atoms with Crippen LogP contribution in [0.4, 0.5) is 26.3 Å². The summed E-state index contributed by atoms with van der Waals surface area (Å²) in [7, 11) is 0. The normalized spacial score (nSPS) is 14.8. The minimum absolute atomic E-state index is 0.0317. The average Bonchev–Trinajstić information content (AvgIpc) is 2.71. The maximum atomic E-state index is 13.5. The van der Waals surface area contributed by atoms with Crippen molar-refractivity contribution in [2.24, 2.45) is 5.41 Å². The smallest absolute Gasteiger partial charge is 0.378 e. The Hall–Kier alpha value is -3.08. The van der Waals surface area contributed by atoms with Gasteiger partial charge in [0.1, 0.15) is 17.6 Å². The topological polar surface area (TPSA) is 71.8 Å². The van der Waals surface area contributed by atoms with Crippen LogP contribution in [-0.4, -0.2) is 25.0 Å². The summed E-state index contributed by atoms with van der Waals surface area (Å²) in [6.07, 6.45) is -4.44. The number of hydrogen-bond acceptors (Lipinski definition) is 5. The van der Waals surface area contributed by atoms with Crippen LogP contribution in [0.3, 0.4) is 0 Å². The molecule has 1 atom stereocenters. The van der Waals surface area contributed by atoms with Crippen molar-refractivity contribution in [2.75, 3.05) is 0 Å². The molecule has 3 rings (SSSR count). The third kappa shape index (κ3) is 4.29. The van der Waals surface area contributed by atoms with E-state index in [0.29, 0.717) is 11.8 Å². The largest absolute Gasteiger partial charge is 0.433 e. The molecule has 3 aromatic heterocycles. The molecule has 170 valence electrons. The molecule has 1 N–H and O–H groups in total. The summed E-state index contributed by atoms with van der Waals surface area (Å²) >= 11 is 0. The molecule has 0 saturated carbocycles. The van der Waals surface area contributed by atoms with Crippen molar-refractivity contribution >= 4 is 0 Å². The number of nitrogens with zero attached hydrogens (tertiary/aromatic N) is 4. The fourth-order valence-electron chi connectivity index (χ4n) is 3.29. The maximum Gasteiger partial charge on any atom is 0.433 e. The second-order valence-electron chi connectivity index (χ2n) is 8.13. The molecule has 11 heteroatoms. The zero-order chi connectivity index (χ0) is 23.9. The van der Waals surface area contributed by atoms with Gasteiger partial charge in [-0.15, -0.1) is 0 Å². The van der Waals surface area contributed by atoms with Crippen LogP contribution < -0.4 is 0 Å². The van der Waals surface area contributed by atoms with Gasteiger partial charge >= 0.3 is 12.4 Å². The van der Waals surface area contributed by atoms with Crippen LogP contribution in [0.25, 0.3) is 11.1 Å². The Kier molecular flexibility index (Phi) is 5.75. The molecule has 0 aliphatic rings. The first-order valence-electron chi connectivity index (χ1n) is 9.25. The maximum absolute atomic E-state index is 13.5. The fraction of sp³-hybridized carbons (Fsp3) is 0.333. The monoisotopic (exact) mass is 456 g/mol. The molecule has 3 heterocycles. The Balaban J connectivity index is 2.13. The lowest BCUT2D eigenvalue weighted by atomic mass is 9.70. The molecule has 0 spiro atoms. The first kappa shape index (κ1) is 23.6. The predicted octanol–water partition coefficient (Wildman–Crippen LogP) is 5.25. The van der Waals surface area contributed by atoms with Crippen molar-refractivity contribution in [1.82, 2.24) is 19.9 Å². The third-order valence-electron chi connectivity index (χ3n) is 5.01. The predicted molar refractivity (Wildman–Crippen MR) is 102 cm³/mol. The van der Waals surface area contributed by atoms with Crippen LogP contribution in [0.15, 0.2) is 49.3 Å². The number of halogens is 6. The lowest BCUT2D eigenvalue weighted by molar-refractivity contribution is -0.145. The van der Waals surface area contributed by atoms with Crippen LogP contribution in [0.5, 0.6) is 0 Å². The molecule has 0 fully saturated rings. The molecule has 5 nitrogen and oxygen atoms in total. The van der Waals surface area contributed by atoms with E-state index >= 15 is 0 Å². The zero-order valence-electron chi connectivity index (χ0n) is 17.1. The number of pyridine rings is 2. The molecule has 0 saturated heterocycles. The van der Waals surface area contributed by atoms with Gasteiger partial charge in [0.2, 0.25) is 0 Å². The van der Waals surface area contributed by atoms with E-state index < -0.39 is 40.2 Å². The van der Waals surface area contributed by atoms with E-state index in [1.807, 2.05) is 0 Å². The van der Waals surface area contributed by atoms with E-state index in [-0.39, 0.29) is 17.3 Å². The van der Waals surface area contributed by atoms with Crippen molar-refractivity contribution < 1.29 is 31.4 Å². The first-order valence-corrected chi connectivity index (χ1v) is 9.25. The Bertz CT molecular complexity index is 1090.